The highest BCUT2D eigenvalue weighted by molar-refractivity contribution is 6.33. The van der Waals surface area contributed by atoms with Crippen LogP contribution in [0.3, 0.4) is 0 Å². The third-order valence-electron chi connectivity index (χ3n) is 4.25. The number of phenolic OH excluding ortho intramolecular Hbond substituents is 1. The Morgan fingerprint density at radius 3 is 2.21 bits per heavy atom. The standard InChI is InChI=1S/C22H15ClF3NO2/c1-12(21-16(23)6-4-8-18(21)25)20(14-5-2-3-7-17(14)24)22(29-27)15-10-9-13(28)11-19(15)26/h2-11,28H,1,27H2/b22-20+. The minimum atomic E-state index is -0.883. The molecule has 0 saturated heterocycles. The first kappa shape index (κ1) is 20.5. The topological polar surface area (TPSA) is 55.5 Å². The average molecular weight is 418 g/mol. The zero-order valence-corrected chi connectivity index (χ0v) is 15.7. The van der Waals surface area contributed by atoms with Gasteiger partial charge >= 0.3 is 0 Å². The van der Waals surface area contributed by atoms with Crippen LogP contribution in [0.5, 0.6) is 5.75 Å². The van der Waals surface area contributed by atoms with Gasteiger partial charge in [-0.25, -0.2) is 13.2 Å². The Labute approximate surface area is 170 Å². The van der Waals surface area contributed by atoms with Crippen molar-refractivity contribution in [2.75, 3.05) is 0 Å². The lowest BCUT2D eigenvalue weighted by molar-refractivity contribution is 0.290. The van der Waals surface area contributed by atoms with E-state index in [1.807, 2.05) is 0 Å². The molecule has 0 aromatic heterocycles. The summed E-state index contributed by atoms with van der Waals surface area (Å²) in [7, 11) is 0. The van der Waals surface area contributed by atoms with Crippen LogP contribution in [0.1, 0.15) is 16.7 Å². The molecule has 0 unspecified atom stereocenters. The Morgan fingerprint density at radius 2 is 1.59 bits per heavy atom. The highest BCUT2D eigenvalue weighted by Gasteiger charge is 2.25. The van der Waals surface area contributed by atoms with Crippen molar-refractivity contribution in [1.82, 2.24) is 0 Å². The molecule has 0 atom stereocenters. The monoisotopic (exact) mass is 417 g/mol. The summed E-state index contributed by atoms with van der Waals surface area (Å²) in [5, 5.41) is 9.50. The molecule has 3 aromatic carbocycles. The van der Waals surface area contributed by atoms with E-state index in [1.165, 1.54) is 48.5 Å². The third-order valence-corrected chi connectivity index (χ3v) is 4.57. The molecular formula is C22H15ClF3NO2. The van der Waals surface area contributed by atoms with Crippen LogP contribution in [0.15, 0.2) is 67.2 Å². The van der Waals surface area contributed by atoms with E-state index in [4.69, 9.17) is 22.3 Å². The van der Waals surface area contributed by atoms with Gasteiger partial charge in [0.15, 0.2) is 5.76 Å². The van der Waals surface area contributed by atoms with E-state index in [-0.39, 0.29) is 44.4 Å². The largest absolute Gasteiger partial charge is 0.508 e. The van der Waals surface area contributed by atoms with Crippen molar-refractivity contribution in [3.05, 3.63) is 106 Å². The summed E-state index contributed by atoms with van der Waals surface area (Å²) >= 11 is 6.15. The summed E-state index contributed by atoms with van der Waals surface area (Å²) in [6, 6.07) is 12.8. The van der Waals surface area contributed by atoms with Gasteiger partial charge in [-0.1, -0.05) is 42.4 Å². The van der Waals surface area contributed by atoms with E-state index in [0.29, 0.717) is 0 Å². The van der Waals surface area contributed by atoms with Crippen molar-refractivity contribution in [1.29, 1.82) is 0 Å². The summed E-state index contributed by atoms with van der Waals surface area (Å²) < 4.78 is 43.7. The van der Waals surface area contributed by atoms with E-state index in [2.05, 4.69) is 6.58 Å². The maximum atomic E-state index is 14.7. The average Bonchev–Trinajstić information content (AvgIpc) is 2.67. The second kappa shape index (κ2) is 8.43. The molecule has 0 heterocycles. The number of aromatic hydroxyl groups is 1. The van der Waals surface area contributed by atoms with E-state index in [9.17, 15) is 18.3 Å². The van der Waals surface area contributed by atoms with Crippen LogP contribution in [0, 0.1) is 17.5 Å². The third kappa shape index (κ3) is 3.99. The molecule has 0 radical (unpaired) electrons. The van der Waals surface area contributed by atoms with Gasteiger partial charge in [-0.05, 0) is 35.9 Å². The maximum Gasteiger partial charge on any atom is 0.165 e. The van der Waals surface area contributed by atoms with Gasteiger partial charge in [-0.15, -0.1) is 0 Å². The van der Waals surface area contributed by atoms with Crippen LogP contribution in [0.4, 0.5) is 13.2 Å². The first-order chi connectivity index (χ1) is 13.8. The first-order valence-corrected chi connectivity index (χ1v) is 8.71. The number of benzene rings is 3. The number of allylic oxidation sites excluding steroid dienone is 2. The lowest BCUT2D eigenvalue weighted by Crippen LogP contribution is -2.07. The molecule has 0 spiro atoms. The summed E-state index contributed by atoms with van der Waals surface area (Å²) in [6.07, 6.45) is 0. The number of phenols is 1. The number of hydrogen-bond donors (Lipinski definition) is 2. The SMILES string of the molecule is C=C(/C(=C(\ON)c1ccc(O)cc1F)c1ccccc1F)c1c(F)cccc1Cl. The van der Waals surface area contributed by atoms with Crippen molar-refractivity contribution in [2.24, 2.45) is 5.90 Å². The van der Waals surface area contributed by atoms with Crippen LogP contribution in [-0.4, -0.2) is 5.11 Å². The number of nitrogens with two attached hydrogens (primary N) is 1. The molecule has 3 N–H and O–H groups in total. The fraction of sp³-hybridized carbons (Fsp3) is 0. The summed E-state index contributed by atoms with van der Waals surface area (Å²) in [6.45, 7) is 3.85. The zero-order chi connectivity index (χ0) is 21.1. The van der Waals surface area contributed by atoms with Gasteiger partial charge < -0.3 is 9.94 Å². The summed E-state index contributed by atoms with van der Waals surface area (Å²) in [4.78, 5) is 4.92. The first-order valence-electron chi connectivity index (χ1n) is 8.33. The van der Waals surface area contributed by atoms with E-state index in [0.717, 1.165) is 12.1 Å². The van der Waals surface area contributed by atoms with Crippen LogP contribution < -0.4 is 5.90 Å². The van der Waals surface area contributed by atoms with E-state index < -0.39 is 17.5 Å². The molecular weight excluding hydrogens is 403 g/mol. The fourth-order valence-electron chi connectivity index (χ4n) is 2.94. The number of rotatable bonds is 5. The molecule has 148 valence electrons. The van der Waals surface area contributed by atoms with Crippen LogP contribution in [0.2, 0.25) is 5.02 Å². The molecule has 0 aliphatic carbocycles. The predicted molar refractivity (Wildman–Crippen MR) is 107 cm³/mol. The fourth-order valence-corrected chi connectivity index (χ4v) is 3.22. The molecule has 0 aliphatic heterocycles. The Bertz CT molecular complexity index is 1110. The molecule has 0 amide bonds. The highest BCUT2D eigenvalue weighted by atomic mass is 35.5. The number of hydrogen-bond acceptors (Lipinski definition) is 3. The van der Waals surface area contributed by atoms with E-state index >= 15 is 0 Å². The van der Waals surface area contributed by atoms with Crippen LogP contribution in [0.25, 0.3) is 16.9 Å². The van der Waals surface area contributed by atoms with Crippen molar-refractivity contribution in [3.8, 4) is 5.75 Å². The number of halogens is 4. The van der Waals surface area contributed by atoms with Crippen molar-refractivity contribution in [2.45, 2.75) is 0 Å². The van der Waals surface area contributed by atoms with Gasteiger partial charge in [0.25, 0.3) is 0 Å². The molecule has 3 rings (SSSR count). The van der Waals surface area contributed by atoms with Gasteiger partial charge in [0.1, 0.15) is 23.2 Å². The lowest BCUT2D eigenvalue weighted by Gasteiger charge is -2.19. The lowest BCUT2D eigenvalue weighted by atomic mass is 9.90. The summed E-state index contributed by atoms with van der Waals surface area (Å²) in [5.74, 6) is 2.50. The quantitative estimate of drug-likeness (QED) is 0.234. The maximum absolute atomic E-state index is 14.7. The van der Waals surface area contributed by atoms with E-state index in [1.54, 1.807) is 0 Å². The second-order valence-electron chi connectivity index (χ2n) is 6.04. The van der Waals surface area contributed by atoms with Gasteiger partial charge in [-0.2, -0.15) is 5.90 Å². The Kier molecular flexibility index (Phi) is 5.96. The highest BCUT2D eigenvalue weighted by Crippen LogP contribution is 2.41. The van der Waals surface area contributed by atoms with Crippen molar-refractivity contribution < 1.29 is 23.1 Å². The molecule has 3 nitrogen and oxygen atoms in total. The summed E-state index contributed by atoms with van der Waals surface area (Å²) in [5.41, 5.74) is -0.503. The minimum absolute atomic E-state index is 0.0198. The van der Waals surface area contributed by atoms with Crippen LogP contribution >= 0.6 is 11.6 Å². The molecule has 7 heteroatoms. The van der Waals surface area contributed by atoms with Crippen molar-refractivity contribution >= 4 is 28.5 Å². The normalized spacial score (nSPS) is 11.8. The van der Waals surface area contributed by atoms with Gasteiger partial charge in [0.2, 0.25) is 0 Å². The minimum Gasteiger partial charge on any atom is -0.508 e. The molecule has 0 fully saturated rings. The predicted octanol–water partition coefficient (Wildman–Crippen LogP) is 5.93. The molecule has 3 aromatic rings. The molecule has 0 aliphatic rings. The Balaban J connectivity index is 2.38. The molecule has 29 heavy (non-hydrogen) atoms. The smallest absolute Gasteiger partial charge is 0.165 e. The van der Waals surface area contributed by atoms with Gasteiger partial charge in [0, 0.05) is 22.8 Å². The van der Waals surface area contributed by atoms with Gasteiger partial charge in [-0.3, -0.25) is 0 Å². The second-order valence-corrected chi connectivity index (χ2v) is 6.45. The van der Waals surface area contributed by atoms with Crippen LogP contribution in [-0.2, 0) is 4.84 Å². The van der Waals surface area contributed by atoms with Crippen molar-refractivity contribution in [3.63, 3.8) is 0 Å². The molecule has 0 saturated carbocycles. The Morgan fingerprint density at radius 1 is 0.897 bits per heavy atom. The molecule has 0 bridgehead atoms. The zero-order valence-electron chi connectivity index (χ0n) is 14.9. The van der Waals surface area contributed by atoms with Gasteiger partial charge in [0.05, 0.1) is 10.6 Å². The Hall–Kier alpha value is -3.22.